The first-order valence-corrected chi connectivity index (χ1v) is 8.97. The third-order valence-electron chi connectivity index (χ3n) is 2.79. The normalized spacial score (nSPS) is 11.8. The highest BCUT2D eigenvalue weighted by molar-refractivity contribution is 6.60. The number of benzene rings is 1. The molecule has 0 aromatic heterocycles. The van der Waals surface area contributed by atoms with Gasteiger partial charge in [-0.05, 0) is 40.2 Å². The van der Waals surface area contributed by atoms with Crippen LogP contribution in [-0.2, 0) is 19.3 Å². The van der Waals surface area contributed by atoms with Crippen LogP contribution in [0.4, 0.5) is 0 Å². The molecule has 0 saturated heterocycles. The molecule has 0 aliphatic rings. The zero-order valence-corrected chi connectivity index (χ0v) is 13.8. The second-order valence-corrected chi connectivity index (χ2v) is 7.24. The van der Waals surface area contributed by atoms with Crippen molar-refractivity contribution in [1.29, 1.82) is 0 Å². The summed E-state index contributed by atoms with van der Waals surface area (Å²) in [7, 11) is -2.58. The number of rotatable bonds is 8. The summed E-state index contributed by atoms with van der Waals surface area (Å²) in [4.78, 5) is 0. The van der Waals surface area contributed by atoms with Gasteiger partial charge in [-0.25, -0.2) is 0 Å². The van der Waals surface area contributed by atoms with Crippen LogP contribution in [0.15, 0.2) is 18.2 Å². The third kappa shape index (κ3) is 5.07. The summed E-state index contributed by atoms with van der Waals surface area (Å²) in [6.07, 6.45) is 0. The van der Waals surface area contributed by atoms with Crippen molar-refractivity contribution in [3.05, 3.63) is 34.9 Å². The minimum absolute atomic E-state index is 0.622. The molecule has 0 radical (unpaired) electrons. The molecule has 0 fully saturated rings. The molecular formula is C15H26O3Si. The van der Waals surface area contributed by atoms with Crippen molar-refractivity contribution in [1.82, 2.24) is 0 Å². The van der Waals surface area contributed by atoms with Crippen LogP contribution in [0.3, 0.4) is 0 Å². The predicted molar refractivity (Wildman–Crippen MR) is 80.3 cm³/mol. The molecule has 19 heavy (non-hydrogen) atoms. The van der Waals surface area contributed by atoms with Crippen molar-refractivity contribution in [3.63, 3.8) is 0 Å². The lowest BCUT2D eigenvalue weighted by atomic mass is 10.1. The summed E-state index contributed by atoms with van der Waals surface area (Å²) in [5.41, 5.74) is 3.77. The van der Waals surface area contributed by atoms with Crippen LogP contribution in [0.1, 0.15) is 37.5 Å². The van der Waals surface area contributed by atoms with E-state index in [-0.39, 0.29) is 0 Å². The van der Waals surface area contributed by atoms with Crippen molar-refractivity contribution >= 4 is 8.80 Å². The highest BCUT2D eigenvalue weighted by Crippen LogP contribution is 2.19. The van der Waals surface area contributed by atoms with E-state index in [0.717, 1.165) is 6.04 Å². The van der Waals surface area contributed by atoms with Crippen molar-refractivity contribution in [2.45, 2.75) is 40.7 Å². The van der Waals surface area contributed by atoms with E-state index in [9.17, 15) is 0 Å². The van der Waals surface area contributed by atoms with E-state index < -0.39 is 8.80 Å². The van der Waals surface area contributed by atoms with Crippen LogP contribution < -0.4 is 0 Å². The fourth-order valence-electron chi connectivity index (χ4n) is 2.36. The molecule has 0 amide bonds. The molecule has 0 unspecified atom stereocenters. The number of aryl methyl sites for hydroxylation is 2. The lowest BCUT2D eigenvalue weighted by molar-refractivity contribution is 0.0704. The molecule has 0 aliphatic carbocycles. The van der Waals surface area contributed by atoms with E-state index in [1.165, 1.54) is 16.7 Å². The van der Waals surface area contributed by atoms with Gasteiger partial charge in [-0.3, -0.25) is 0 Å². The molecule has 3 nitrogen and oxygen atoms in total. The monoisotopic (exact) mass is 282 g/mol. The van der Waals surface area contributed by atoms with Gasteiger partial charge in [0.25, 0.3) is 0 Å². The van der Waals surface area contributed by atoms with Gasteiger partial charge in [-0.1, -0.05) is 29.3 Å². The summed E-state index contributed by atoms with van der Waals surface area (Å²) in [5.74, 6) is 0. The number of hydrogen-bond donors (Lipinski definition) is 0. The maximum atomic E-state index is 5.89. The van der Waals surface area contributed by atoms with Crippen molar-refractivity contribution in [2.24, 2.45) is 0 Å². The summed E-state index contributed by atoms with van der Waals surface area (Å²) in [6.45, 7) is 12.1. The number of hydrogen-bond acceptors (Lipinski definition) is 3. The highest BCUT2D eigenvalue weighted by atomic mass is 28.4. The maximum absolute atomic E-state index is 5.89. The first-order valence-electron chi connectivity index (χ1n) is 7.04. The van der Waals surface area contributed by atoms with Crippen molar-refractivity contribution < 1.29 is 13.3 Å². The second-order valence-electron chi connectivity index (χ2n) is 4.65. The summed E-state index contributed by atoms with van der Waals surface area (Å²) in [5, 5.41) is 0. The van der Waals surface area contributed by atoms with Crippen LogP contribution in [0.5, 0.6) is 0 Å². The molecule has 0 N–H and O–H groups in total. The van der Waals surface area contributed by atoms with Gasteiger partial charge in [0.2, 0.25) is 0 Å². The molecule has 0 spiro atoms. The molecule has 1 aromatic rings. The van der Waals surface area contributed by atoms with Gasteiger partial charge in [0.1, 0.15) is 0 Å². The lowest BCUT2D eigenvalue weighted by Gasteiger charge is -2.28. The third-order valence-corrected chi connectivity index (χ3v) is 5.82. The Kier molecular flexibility index (Phi) is 6.72. The Morgan fingerprint density at radius 1 is 0.789 bits per heavy atom. The topological polar surface area (TPSA) is 27.7 Å². The molecule has 1 aromatic carbocycles. The minimum Gasteiger partial charge on any atom is -0.374 e. The van der Waals surface area contributed by atoms with Crippen LogP contribution in [-0.4, -0.2) is 28.6 Å². The van der Waals surface area contributed by atoms with E-state index in [4.69, 9.17) is 13.3 Å². The molecule has 0 bridgehead atoms. The minimum atomic E-state index is -2.58. The quantitative estimate of drug-likeness (QED) is 0.684. The van der Waals surface area contributed by atoms with Gasteiger partial charge in [0.05, 0.1) is 0 Å². The molecule has 4 heteroatoms. The molecule has 108 valence electrons. The molecule has 0 saturated carbocycles. The SMILES string of the molecule is CCO[Si](Cc1cc(C)cc(C)c1)(OCC)OCC. The second kappa shape index (κ2) is 7.80. The van der Waals surface area contributed by atoms with E-state index >= 15 is 0 Å². The van der Waals surface area contributed by atoms with Gasteiger partial charge < -0.3 is 13.3 Å². The molecule has 0 atom stereocenters. The van der Waals surface area contributed by atoms with E-state index in [1.807, 2.05) is 20.8 Å². The van der Waals surface area contributed by atoms with Gasteiger partial charge in [0, 0.05) is 25.9 Å². The summed E-state index contributed by atoms with van der Waals surface area (Å²) >= 11 is 0. The van der Waals surface area contributed by atoms with Crippen LogP contribution in [0, 0.1) is 13.8 Å². The Bertz CT molecular complexity index is 356. The fraction of sp³-hybridized carbons (Fsp3) is 0.600. The first-order chi connectivity index (χ1) is 9.05. The standard InChI is InChI=1S/C15H26O3Si/c1-6-16-19(17-7-2,18-8-3)12-15-10-13(4)9-14(5)11-15/h9-11H,6-8,12H2,1-5H3. The fourth-order valence-corrected chi connectivity index (χ4v) is 4.94. The van der Waals surface area contributed by atoms with E-state index in [0.29, 0.717) is 19.8 Å². The van der Waals surface area contributed by atoms with Gasteiger partial charge in [-0.15, -0.1) is 0 Å². The molecule has 1 rings (SSSR count). The molecule has 0 aliphatic heterocycles. The Morgan fingerprint density at radius 3 is 1.58 bits per heavy atom. The molecular weight excluding hydrogens is 256 g/mol. The average Bonchev–Trinajstić information content (AvgIpc) is 2.28. The van der Waals surface area contributed by atoms with E-state index in [1.54, 1.807) is 0 Å². The summed E-state index contributed by atoms with van der Waals surface area (Å²) < 4.78 is 17.7. The van der Waals surface area contributed by atoms with Gasteiger partial charge >= 0.3 is 8.80 Å². The van der Waals surface area contributed by atoms with Crippen LogP contribution in [0.2, 0.25) is 0 Å². The first kappa shape index (κ1) is 16.4. The van der Waals surface area contributed by atoms with Gasteiger partial charge in [-0.2, -0.15) is 0 Å². The molecule has 0 heterocycles. The Balaban J connectivity index is 2.96. The Labute approximate surface area is 118 Å². The van der Waals surface area contributed by atoms with Crippen molar-refractivity contribution in [2.75, 3.05) is 19.8 Å². The summed E-state index contributed by atoms with van der Waals surface area (Å²) in [6, 6.07) is 7.29. The maximum Gasteiger partial charge on any atom is 0.505 e. The average molecular weight is 282 g/mol. The van der Waals surface area contributed by atoms with Crippen LogP contribution >= 0.6 is 0 Å². The predicted octanol–water partition coefficient (Wildman–Crippen LogP) is 3.43. The van der Waals surface area contributed by atoms with Gasteiger partial charge in [0.15, 0.2) is 0 Å². The lowest BCUT2D eigenvalue weighted by Crippen LogP contribution is -2.48. The smallest absolute Gasteiger partial charge is 0.374 e. The zero-order valence-electron chi connectivity index (χ0n) is 12.8. The Hall–Kier alpha value is -0.683. The largest absolute Gasteiger partial charge is 0.505 e. The highest BCUT2D eigenvalue weighted by Gasteiger charge is 2.40. The van der Waals surface area contributed by atoms with Crippen LogP contribution in [0.25, 0.3) is 0 Å². The zero-order chi connectivity index (χ0) is 14.3. The van der Waals surface area contributed by atoms with E-state index in [2.05, 4.69) is 32.0 Å². The Morgan fingerprint density at radius 2 is 1.21 bits per heavy atom. The van der Waals surface area contributed by atoms with Crippen molar-refractivity contribution in [3.8, 4) is 0 Å².